The van der Waals surface area contributed by atoms with Gasteiger partial charge in [0.05, 0.1) is 0 Å². The fourth-order valence-electron chi connectivity index (χ4n) is 3.48. The van der Waals surface area contributed by atoms with Crippen LogP contribution in [0.2, 0.25) is 0 Å². The summed E-state index contributed by atoms with van der Waals surface area (Å²) in [6.45, 7) is 11.6. The van der Waals surface area contributed by atoms with Crippen molar-refractivity contribution in [3.8, 4) is 5.75 Å². The van der Waals surface area contributed by atoms with Crippen LogP contribution in [0.25, 0.3) is 0 Å². The van der Waals surface area contributed by atoms with Gasteiger partial charge in [-0.3, -0.25) is 14.8 Å². The van der Waals surface area contributed by atoms with E-state index >= 15 is 0 Å². The molecule has 146 valence electrons. The summed E-state index contributed by atoms with van der Waals surface area (Å²) in [5, 5.41) is 0. The molecule has 0 radical (unpaired) electrons. The van der Waals surface area contributed by atoms with Gasteiger partial charge in [0.1, 0.15) is 12.4 Å². The van der Waals surface area contributed by atoms with Crippen LogP contribution in [0.4, 0.5) is 0 Å². The zero-order chi connectivity index (χ0) is 18.9. The molecular formula is C22H32N4O. The van der Waals surface area contributed by atoms with Gasteiger partial charge in [-0.1, -0.05) is 25.1 Å². The fourth-order valence-corrected chi connectivity index (χ4v) is 3.48. The number of benzene rings is 1. The molecule has 2 aromatic rings. The lowest BCUT2D eigenvalue weighted by atomic mass is 10.2. The van der Waals surface area contributed by atoms with Gasteiger partial charge in [-0.2, -0.15) is 0 Å². The maximum atomic E-state index is 5.94. The van der Waals surface area contributed by atoms with Crippen molar-refractivity contribution in [2.24, 2.45) is 0 Å². The predicted octanol–water partition coefficient (Wildman–Crippen LogP) is 2.73. The van der Waals surface area contributed by atoms with Crippen LogP contribution in [0.5, 0.6) is 5.75 Å². The van der Waals surface area contributed by atoms with Crippen LogP contribution >= 0.6 is 0 Å². The molecular weight excluding hydrogens is 336 g/mol. The average Bonchev–Trinajstić information content (AvgIpc) is 2.70. The molecule has 1 aromatic heterocycles. The highest BCUT2D eigenvalue weighted by Gasteiger charge is 2.14. The molecule has 1 fully saturated rings. The second-order valence-corrected chi connectivity index (χ2v) is 7.30. The normalized spacial score (nSPS) is 16.0. The smallest absolute Gasteiger partial charge is 0.119 e. The summed E-state index contributed by atoms with van der Waals surface area (Å²) in [6, 6.07) is 12.6. The number of piperazine rings is 1. The van der Waals surface area contributed by atoms with Crippen LogP contribution in [-0.4, -0.2) is 72.6 Å². The summed E-state index contributed by atoms with van der Waals surface area (Å²) in [4.78, 5) is 11.5. The molecule has 0 saturated carbocycles. The molecule has 0 unspecified atom stereocenters. The number of hydrogen-bond acceptors (Lipinski definition) is 5. The first-order chi connectivity index (χ1) is 13.2. The van der Waals surface area contributed by atoms with Gasteiger partial charge in [0, 0.05) is 58.2 Å². The Morgan fingerprint density at radius 2 is 1.67 bits per heavy atom. The number of aromatic nitrogens is 1. The van der Waals surface area contributed by atoms with E-state index in [2.05, 4.69) is 64.0 Å². The Kier molecular flexibility index (Phi) is 7.63. The molecule has 27 heavy (non-hydrogen) atoms. The molecule has 1 aliphatic heterocycles. The van der Waals surface area contributed by atoms with E-state index in [1.54, 1.807) is 0 Å². The molecule has 0 bridgehead atoms. The Morgan fingerprint density at radius 3 is 2.33 bits per heavy atom. The number of likely N-dealkylation sites (N-methyl/N-ethyl adjacent to an activating group) is 1. The summed E-state index contributed by atoms with van der Waals surface area (Å²) in [7, 11) is 2.13. The van der Waals surface area contributed by atoms with Crippen LogP contribution in [0.15, 0.2) is 48.8 Å². The second kappa shape index (κ2) is 10.4. The van der Waals surface area contributed by atoms with E-state index in [1.165, 1.54) is 24.2 Å². The lowest BCUT2D eigenvalue weighted by molar-refractivity contribution is 0.121. The summed E-state index contributed by atoms with van der Waals surface area (Å²) in [6.07, 6.45) is 3.74. The van der Waals surface area contributed by atoms with Crippen molar-refractivity contribution >= 4 is 0 Å². The monoisotopic (exact) mass is 368 g/mol. The van der Waals surface area contributed by atoms with Crippen LogP contribution in [0, 0.1) is 0 Å². The SMILES string of the molecule is CCN1CCN(CCOc2ccc(CN(C)Cc3cccnc3)cc2)CC1. The second-order valence-electron chi connectivity index (χ2n) is 7.30. The maximum absolute atomic E-state index is 5.94. The quantitative estimate of drug-likeness (QED) is 0.679. The van der Waals surface area contributed by atoms with Gasteiger partial charge in [0.15, 0.2) is 0 Å². The van der Waals surface area contributed by atoms with Gasteiger partial charge < -0.3 is 9.64 Å². The topological polar surface area (TPSA) is 31.8 Å². The number of nitrogens with zero attached hydrogens (tertiary/aromatic N) is 4. The zero-order valence-corrected chi connectivity index (χ0v) is 16.7. The Morgan fingerprint density at radius 1 is 0.963 bits per heavy atom. The number of pyridine rings is 1. The minimum absolute atomic E-state index is 0.756. The van der Waals surface area contributed by atoms with E-state index in [1.807, 2.05) is 18.5 Å². The highest BCUT2D eigenvalue weighted by Crippen LogP contribution is 2.14. The lowest BCUT2D eigenvalue weighted by Gasteiger charge is -2.33. The predicted molar refractivity (Wildman–Crippen MR) is 110 cm³/mol. The summed E-state index contributed by atoms with van der Waals surface area (Å²) >= 11 is 0. The van der Waals surface area contributed by atoms with Crippen molar-refractivity contribution in [2.75, 3.05) is 52.9 Å². The van der Waals surface area contributed by atoms with Crippen LogP contribution in [0.1, 0.15) is 18.1 Å². The Labute approximate surface area is 163 Å². The molecule has 5 nitrogen and oxygen atoms in total. The Balaban J connectivity index is 1.37. The molecule has 2 heterocycles. The van der Waals surface area contributed by atoms with E-state index < -0.39 is 0 Å². The molecule has 1 saturated heterocycles. The van der Waals surface area contributed by atoms with Gasteiger partial charge in [-0.15, -0.1) is 0 Å². The molecule has 0 spiro atoms. The third kappa shape index (κ3) is 6.61. The van der Waals surface area contributed by atoms with Crippen molar-refractivity contribution in [3.05, 3.63) is 59.9 Å². The maximum Gasteiger partial charge on any atom is 0.119 e. The third-order valence-electron chi connectivity index (χ3n) is 5.14. The first-order valence-corrected chi connectivity index (χ1v) is 9.97. The van der Waals surface area contributed by atoms with E-state index in [9.17, 15) is 0 Å². The van der Waals surface area contributed by atoms with Gasteiger partial charge in [-0.25, -0.2) is 0 Å². The standard InChI is InChI=1S/C22H32N4O/c1-3-25-11-13-26(14-12-25)15-16-27-22-8-6-20(7-9-22)18-24(2)19-21-5-4-10-23-17-21/h4-10,17H,3,11-16,18-19H2,1-2H3. The van der Waals surface area contributed by atoms with Crippen LogP contribution < -0.4 is 4.74 Å². The van der Waals surface area contributed by atoms with E-state index in [4.69, 9.17) is 4.74 Å². The third-order valence-corrected chi connectivity index (χ3v) is 5.14. The Hall–Kier alpha value is -1.95. The molecule has 0 atom stereocenters. The van der Waals surface area contributed by atoms with Crippen molar-refractivity contribution < 1.29 is 4.74 Å². The van der Waals surface area contributed by atoms with E-state index in [0.717, 1.165) is 51.6 Å². The minimum atomic E-state index is 0.756. The van der Waals surface area contributed by atoms with E-state index in [0.29, 0.717) is 0 Å². The van der Waals surface area contributed by atoms with Gasteiger partial charge >= 0.3 is 0 Å². The number of ether oxygens (including phenoxy) is 1. The summed E-state index contributed by atoms with van der Waals surface area (Å²) in [5.74, 6) is 0.959. The lowest BCUT2D eigenvalue weighted by Crippen LogP contribution is -2.47. The minimum Gasteiger partial charge on any atom is -0.492 e. The van der Waals surface area contributed by atoms with Crippen molar-refractivity contribution in [1.82, 2.24) is 19.7 Å². The van der Waals surface area contributed by atoms with Gasteiger partial charge in [0.25, 0.3) is 0 Å². The average molecular weight is 369 g/mol. The van der Waals surface area contributed by atoms with E-state index in [-0.39, 0.29) is 0 Å². The zero-order valence-electron chi connectivity index (χ0n) is 16.7. The van der Waals surface area contributed by atoms with Crippen molar-refractivity contribution in [1.29, 1.82) is 0 Å². The van der Waals surface area contributed by atoms with Crippen LogP contribution in [0.3, 0.4) is 0 Å². The first kappa shape index (κ1) is 19.8. The Bertz CT molecular complexity index is 654. The van der Waals surface area contributed by atoms with Crippen LogP contribution in [-0.2, 0) is 13.1 Å². The van der Waals surface area contributed by atoms with Gasteiger partial charge in [-0.05, 0) is 42.9 Å². The summed E-state index contributed by atoms with van der Waals surface area (Å²) < 4.78 is 5.94. The molecule has 0 aliphatic carbocycles. The fraction of sp³-hybridized carbons (Fsp3) is 0.500. The molecule has 0 N–H and O–H groups in total. The molecule has 1 aromatic carbocycles. The molecule has 5 heteroatoms. The molecule has 3 rings (SSSR count). The first-order valence-electron chi connectivity index (χ1n) is 9.97. The van der Waals surface area contributed by atoms with Crippen molar-refractivity contribution in [3.63, 3.8) is 0 Å². The highest BCUT2D eigenvalue weighted by atomic mass is 16.5. The largest absolute Gasteiger partial charge is 0.492 e. The molecule has 0 amide bonds. The highest BCUT2D eigenvalue weighted by molar-refractivity contribution is 5.27. The van der Waals surface area contributed by atoms with Crippen molar-refractivity contribution in [2.45, 2.75) is 20.0 Å². The van der Waals surface area contributed by atoms with Gasteiger partial charge in [0.2, 0.25) is 0 Å². The summed E-state index contributed by atoms with van der Waals surface area (Å²) in [5.41, 5.74) is 2.53. The number of rotatable bonds is 9. The molecule has 1 aliphatic rings. The number of hydrogen-bond donors (Lipinski definition) is 0.